The molecule has 2 saturated carbocycles. The highest BCUT2D eigenvalue weighted by atomic mass is 35.5. The molecule has 266 valence electrons. The SMILES string of the molecule is C=CC1C[C@]1(NC(=O)[C@@H]1C[C@@H](Oc2ccc3nccc(Cl)c3c2)CN1C(=O)[C@@H](NC(=O)OC(C)(C)C)C(C)(C)C)C(=O)NS(=O)(=O)C1CC1. The molecule has 1 aromatic heterocycles. The van der Waals surface area contributed by atoms with Crippen LogP contribution in [-0.4, -0.2) is 83.2 Å². The lowest BCUT2D eigenvalue weighted by atomic mass is 9.85. The van der Waals surface area contributed by atoms with Gasteiger partial charge in [-0.2, -0.15) is 0 Å². The van der Waals surface area contributed by atoms with Crippen LogP contribution >= 0.6 is 11.6 Å². The number of aromatic nitrogens is 1. The van der Waals surface area contributed by atoms with Crippen molar-refractivity contribution in [3.05, 3.63) is 48.1 Å². The van der Waals surface area contributed by atoms with E-state index < -0.39 is 79.7 Å². The van der Waals surface area contributed by atoms with E-state index >= 15 is 0 Å². The predicted octanol–water partition coefficient (Wildman–Crippen LogP) is 3.85. The van der Waals surface area contributed by atoms with Crippen LogP contribution in [0.15, 0.2) is 43.1 Å². The van der Waals surface area contributed by atoms with Gasteiger partial charge in [0.1, 0.15) is 35.1 Å². The molecule has 2 heterocycles. The van der Waals surface area contributed by atoms with E-state index in [1.54, 1.807) is 72.0 Å². The first-order chi connectivity index (χ1) is 22.7. The molecule has 49 heavy (non-hydrogen) atoms. The second-order valence-electron chi connectivity index (χ2n) is 15.1. The average molecular weight is 718 g/mol. The van der Waals surface area contributed by atoms with Gasteiger partial charge in [0, 0.05) is 23.9 Å². The van der Waals surface area contributed by atoms with Crippen LogP contribution in [-0.2, 0) is 29.1 Å². The van der Waals surface area contributed by atoms with Crippen molar-refractivity contribution in [3.8, 4) is 5.75 Å². The number of nitrogens with one attached hydrogen (secondary N) is 3. The van der Waals surface area contributed by atoms with Gasteiger partial charge in [0.05, 0.1) is 22.3 Å². The summed E-state index contributed by atoms with van der Waals surface area (Å²) in [5, 5.41) is 5.95. The van der Waals surface area contributed by atoms with Crippen LogP contribution in [0, 0.1) is 11.3 Å². The number of fused-ring (bicyclic) bond motifs is 1. The quantitative estimate of drug-likeness (QED) is 0.309. The van der Waals surface area contributed by atoms with Gasteiger partial charge in [-0.25, -0.2) is 13.2 Å². The molecule has 15 heteroatoms. The molecule has 1 aromatic carbocycles. The fourth-order valence-corrected chi connectivity index (χ4v) is 7.56. The van der Waals surface area contributed by atoms with Crippen LogP contribution in [0.1, 0.15) is 67.2 Å². The Hall–Kier alpha value is -3.91. The van der Waals surface area contributed by atoms with Crippen molar-refractivity contribution in [2.45, 2.75) is 102 Å². The zero-order valence-corrected chi connectivity index (χ0v) is 30.1. The number of nitrogens with zero attached hydrogens (tertiary/aromatic N) is 2. The molecule has 3 fully saturated rings. The molecular formula is C34H44ClN5O8S. The zero-order valence-electron chi connectivity index (χ0n) is 28.5. The Labute approximate surface area is 291 Å². The third-order valence-corrected chi connectivity index (χ3v) is 11.0. The number of hydrogen-bond acceptors (Lipinski definition) is 9. The van der Waals surface area contributed by atoms with Crippen LogP contribution < -0.4 is 20.1 Å². The maximum atomic E-state index is 14.4. The summed E-state index contributed by atoms with van der Waals surface area (Å²) >= 11 is 6.39. The van der Waals surface area contributed by atoms with Crippen molar-refractivity contribution in [2.75, 3.05) is 6.54 Å². The van der Waals surface area contributed by atoms with E-state index in [0.717, 1.165) is 0 Å². The number of halogens is 1. The predicted molar refractivity (Wildman–Crippen MR) is 183 cm³/mol. The summed E-state index contributed by atoms with van der Waals surface area (Å²) in [6, 6.07) is 4.61. The minimum Gasteiger partial charge on any atom is -0.488 e. The maximum absolute atomic E-state index is 14.4. The van der Waals surface area contributed by atoms with Gasteiger partial charge in [0.15, 0.2) is 0 Å². The van der Waals surface area contributed by atoms with E-state index in [4.69, 9.17) is 21.1 Å². The van der Waals surface area contributed by atoms with E-state index in [-0.39, 0.29) is 19.4 Å². The standard InChI is InChI=1S/C34H44ClN5O8S/c1-8-19-17-34(19,30(43)39-49(45,46)22-10-11-22)38-28(41)26-16-21(47-20-9-12-25-23(15-20)24(35)13-14-36-25)18-40(26)29(42)27(32(2,3)4)37-31(44)48-33(5,6)7/h8-9,12-15,19,21-22,26-27H,1,10-11,16-18H2,2-7H3,(H,37,44)(H,38,41)(H,39,43)/t19?,21-,26+,27-,34-/m1/s1. The molecule has 1 aliphatic heterocycles. The summed E-state index contributed by atoms with van der Waals surface area (Å²) in [5.41, 5.74) is -2.51. The van der Waals surface area contributed by atoms with Crippen LogP contribution in [0.2, 0.25) is 5.02 Å². The molecule has 2 aromatic rings. The molecule has 13 nitrogen and oxygen atoms in total. The van der Waals surface area contributed by atoms with Gasteiger partial charge in [-0.3, -0.25) is 24.1 Å². The molecule has 5 atom stereocenters. The van der Waals surface area contributed by atoms with Crippen LogP contribution in [0.3, 0.4) is 0 Å². The Morgan fingerprint density at radius 1 is 1.12 bits per heavy atom. The number of hydrogen-bond donors (Lipinski definition) is 3. The summed E-state index contributed by atoms with van der Waals surface area (Å²) in [5.74, 6) is -2.15. The Bertz CT molecular complexity index is 1780. The number of pyridine rings is 1. The highest BCUT2D eigenvalue weighted by Crippen LogP contribution is 2.45. The third kappa shape index (κ3) is 8.12. The number of alkyl carbamates (subject to hydrolysis) is 1. The Balaban J connectivity index is 1.43. The van der Waals surface area contributed by atoms with E-state index in [2.05, 4.69) is 26.9 Å². The van der Waals surface area contributed by atoms with Crippen molar-refractivity contribution in [1.82, 2.24) is 25.2 Å². The van der Waals surface area contributed by atoms with Crippen molar-refractivity contribution in [3.63, 3.8) is 0 Å². The number of carbonyl (C=O) groups excluding carboxylic acids is 4. The van der Waals surface area contributed by atoms with Gasteiger partial charge >= 0.3 is 6.09 Å². The first kappa shape index (κ1) is 36.4. The highest BCUT2D eigenvalue weighted by Gasteiger charge is 2.62. The third-order valence-electron chi connectivity index (χ3n) is 8.83. The monoisotopic (exact) mass is 717 g/mol. The van der Waals surface area contributed by atoms with Crippen LogP contribution in [0.4, 0.5) is 4.79 Å². The molecule has 1 unspecified atom stereocenters. The number of ether oxygens (including phenoxy) is 2. The molecule has 3 aliphatic rings. The Kier molecular flexibility index (Phi) is 9.71. The molecule has 5 rings (SSSR count). The number of likely N-dealkylation sites (tertiary alicyclic amines) is 1. The van der Waals surface area contributed by atoms with Crippen molar-refractivity contribution >= 4 is 56.3 Å². The Morgan fingerprint density at radius 3 is 2.41 bits per heavy atom. The lowest BCUT2D eigenvalue weighted by Gasteiger charge is -2.36. The van der Waals surface area contributed by atoms with Crippen LogP contribution in [0.25, 0.3) is 10.9 Å². The summed E-state index contributed by atoms with van der Waals surface area (Å²) in [6.07, 6.45) is 2.71. The molecule has 4 amide bonds. The molecule has 3 N–H and O–H groups in total. The average Bonchev–Trinajstić information content (AvgIpc) is 3.91. The van der Waals surface area contributed by atoms with Gasteiger partial charge in [0.2, 0.25) is 21.8 Å². The number of amides is 4. The van der Waals surface area contributed by atoms with Crippen molar-refractivity contribution < 1.29 is 37.1 Å². The summed E-state index contributed by atoms with van der Waals surface area (Å²) < 4.78 is 39.1. The van der Waals surface area contributed by atoms with Gasteiger partial charge in [-0.1, -0.05) is 38.4 Å². The minimum absolute atomic E-state index is 0.0293. The van der Waals surface area contributed by atoms with E-state index in [0.29, 0.717) is 34.5 Å². The number of carbonyl (C=O) groups is 4. The Morgan fingerprint density at radius 2 is 1.82 bits per heavy atom. The molecule has 1 saturated heterocycles. The first-order valence-corrected chi connectivity index (χ1v) is 18.2. The highest BCUT2D eigenvalue weighted by molar-refractivity contribution is 7.91. The van der Waals surface area contributed by atoms with E-state index in [1.165, 1.54) is 11.0 Å². The van der Waals surface area contributed by atoms with Gasteiger partial charge in [0.25, 0.3) is 5.91 Å². The fourth-order valence-electron chi connectivity index (χ4n) is 5.99. The molecule has 0 radical (unpaired) electrons. The fraction of sp³-hybridized carbons (Fsp3) is 0.559. The van der Waals surface area contributed by atoms with E-state index in [1.807, 2.05) is 0 Å². The number of rotatable bonds is 10. The second-order valence-corrected chi connectivity index (χ2v) is 17.4. The lowest BCUT2D eigenvalue weighted by Crippen LogP contribution is -2.60. The maximum Gasteiger partial charge on any atom is 0.408 e. The smallest absolute Gasteiger partial charge is 0.408 e. The summed E-state index contributed by atoms with van der Waals surface area (Å²) in [7, 11) is -3.89. The first-order valence-electron chi connectivity index (χ1n) is 16.3. The van der Waals surface area contributed by atoms with Gasteiger partial charge < -0.3 is 25.0 Å². The summed E-state index contributed by atoms with van der Waals surface area (Å²) in [4.78, 5) is 60.4. The summed E-state index contributed by atoms with van der Waals surface area (Å²) in [6.45, 7) is 14.2. The molecule has 0 spiro atoms. The van der Waals surface area contributed by atoms with E-state index in [9.17, 15) is 27.6 Å². The van der Waals surface area contributed by atoms with Crippen molar-refractivity contribution in [1.29, 1.82) is 0 Å². The van der Waals surface area contributed by atoms with Crippen molar-refractivity contribution in [2.24, 2.45) is 11.3 Å². The molecule has 2 aliphatic carbocycles. The minimum atomic E-state index is -3.89. The number of benzene rings is 1. The molecular weight excluding hydrogens is 674 g/mol. The zero-order chi connectivity index (χ0) is 36.1. The normalized spacial score (nSPS) is 24.5. The van der Waals surface area contributed by atoms with Gasteiger partial charge in [-0.05, 0) is 69.7 Å². The topological polar surface area (TPSA) is 173 Å². The second kappa shape index (κ2) is 13.1. The van der Waals surface area contributed by atoms with Gasteiger partial charge in [-0.15, -0.1) is 6.58 Å². The largest absolute Gasteiger partial charge is 0.488 e. The van der Waals surface area contributed by atoms with Crippen LogP contribution in [0.5, 0.6) is 5.75 Å². The molecule has 0 bridgehead atoms. The number of sulfonamides is 1. The lowest BCUT2D eigenvalue weighted by molar-refractivity contribution is -0.143.